The van der Waals surface area contributed by atoms with E-state index in [9.17, 15) is 13.2 Å². The molecule has 0 saturated heterocycles. The molecular formula is C13H17Cl2NO4S. The highest BCUT2D eigenvalue weighted by atomic mass is 35.5. The smallest absolute Gasteiger partial charge is 0.328 e. The quantitative estimate of drug-likeness (QED) is 0.844. The maximum Gasteiger partial charge on any atom is 0.328 e. The molecule has 8 heteroatoms. The summed E-state index contributed by atoms with van der Waals surface area (Å²) in [5.74, 6) is -0.735. The van der Waals surface area contributed by atoms with Crippen LogP contribution >= 0.6 is 23.2 Å². The first-order valence-corrected chi connectivity index (χ1v) is 8.28. The number of benzene rings is 1. The van der Waals surface area contributed by atoms with Crippen LogP contribution in [0, 0.1) is 0 Å². The van der Waals surface area contributed by atoms with Crippen molar-refractivity contribution in [2.75, 3.05) is 7.11 Å². The Morgan fingerprint density at radius 3 is 2.24 bits per heavy atom. The third-order valence-corrected chi connectivity index (χ3v) is 5.69. The molecule has 0 radical (unpaired) electrons. The average Bonchev–Trinajstić information content (AvgIpc) is 2.37. The average molecular weight is 354 g/mol. The standard InChI is InChI=1S/C13H17Cl2NO4S/c1-13(2,3)21(18,19)16-11(12(17)20-4)8-5-6-9(14)10(15)7-8/h5-7,11,16H,1-4H3. The van der Waals surface area contributed by atoms with Crippen molar-refractivity contribution in [2.24, 2.45) is 0 Å². The number of rotatable bonds is 4. The Morgan fingerprint density at radius 2 is 1.81 bits per heavy atom. The zero-order valence-electron chi connectivity index (χ0n) is 12.1. The molecule has 5 nitrogen and oxygen atoms in total. The highest BCUT2D eigenvalue weighted by Crippen LogP contribution is 2.27. The molecule has 1 aromatic rings. The number of esters is 1. The van der Waals surface area contributed by atoms with Crippen LogP contribution in [-0.2, 0) is 19.6 Å². The fourth-order valence-electron chi connectivity index (χ4n) is 1.39. The second-order valence-electron chi connectivity index (χ2n) is 5.36. The van der Waals surface area contributed by atoms with Gasteiger partial charge in [-0.25, -0.2) is 13.2 Å². The molecular weight excluding hydrogens is 337 g/mol. The van der Waals surface area contributed by atoms with Crippen LogP contribution in [-0.4, -0.2) is 26.2 Å². The summed E-state index contributed by atoms with van der Waals surface area (Å²) in [6.07, 6.45) is 0. The van der Waals surface area contributed by atoms with Gasteiger partial charge in [0.25, 0.3) is 0 Å². The first-order chi connectivity index (χ1) is 9.49. The molecule has 0 amide bonds. The van der Waals surface area contributed by atoms with E-state index in [1.807, 2.05) is 0 Å². The largest absolute Gasteiger partial charge is 0.468 e. The third kappa shape index (κ3) is 4.32. The molecule has 0 saturated carbocycles. The summed E-state index contributed by atoms with van der Waals surface area (Å²) in [6.45, 7) is 4.58. The van der Waals surface area contributed by atoms with Gasteiger partial charge >= 0.3 is 5.97 Å². The molecule has 0 aliphatic heterocycles. The highest BCUT2D eigenvalue weighted by molar-refractivity contribution is 7.90. The van der Waals surface area contributed by atoms with Crippen LogP contribution < -0.4 is 4.72 Å². The van der Waals surface area contributed by atoms with Crippen LogP contribution in [0.4, 0.5) is 0 Å². The predicted molar refractivity (Wildman–Crippen MR) is 83.0 cm³/mol. The Morgan fingerprint density at radius 1 is 1.24 bits per heavy atom. The zero-order chi connectivity index (χ0) is 16.4. The lowest BCUT2D eigenvalue weighted by Crippen LogP contribution is -2.43. The summed E-state index contributed by atoms with van der Waals surface area (Å²) >= 11 is 11.7. The van der Waals surface area contributed by atoms with Gasteiger partial charge in [-0.2, -0.15) is 4.72 Å². The molecule has 1 N–H and O–H groups in total. The van der Waals surface area contributed by atoms with Crippen molar-refractivity contribution in [2.45, 2.75) is 31.6 Å². The SMILES string of the molecule is COC(=O)C(NS(=O)(=O)C(C)(C)C)c1ccc(Cl)c(Cl)c1. The van der Waals surface area contributed by atoms with E-state index in [-0.39, 0.29) is 5.02 Å². The zero-order valence-corrected chi connectivity index (χ0v) is 14.4. The van der Waals surface area contributed by atoms with Crippen LogP contribution in [0.2, 0.25) is 10.0 Å². The predicted octanol–water partition coefficient (Wildman–Crippen LogP) is 2.93. The molecule has 1 unspecified atom stereocenters. The second kappa shape index (κ2) is 6.52. The van der Waals surface area contributed by atoms with E-state index < -0.39 is 26.8 Å². The van der Waals surface area contributed by atoms with Gasteiger partial charge < -0.3 is 4.74 Å². The fourth-order valence-corrected chi connectivity index (χ4v) is 2.60. The molecule has 118 valence electrons. The maximum absolute atomic E-state index is 12.2. The number of sulfonamides is 1. The summed E-state index contributed by atoms with van der Waals surface area (Å²) in [4.78, 5) is 11.9. The normalized spacial score (nSPS) is 13.8. The third-order valence-electron chi connectivity index (χ3n) is 2.79. The van der Waals surface area contributed by atoms with Crippen molar-refractivity contribution >= 4 is 39.2 Å². The summed E-state index contributed by atoms with van der Waals surface area (Å²) < 4.78 is 30.4. The number of hydrogen-bond donors (Lipinski definition) is 1. The van der Waals surface area contributed by atoms with Gasteiger partial charge in [-0.05, 0) is 38.5 Å². The number of carbonyl (C=O) groups is 1. The minimum atomic E-state index is -3.75. The van der Waals surface area contributed by atoms with Crippen molar-refractivity contribution in [3.63, 3.8) is 0 Å². The minimum absolute atomic E-state index is 0.220. The Labute approximate surface area is 134 Å². The summed E-state index contributed by atoms with van der Waals surface area (Å²) in [5, 5.41) is 0.528. The Kier molecular flexibility index (Phi) is 5.66. The minimum Gasteiger partial charge on any atom is -0.468 e. The molecule has 0 aliphatic carbocycles. The van der Waals surface area contributed by atoms with Crippen LogP contribution in [0.5, 0.6) is 0 Å². The van der Waals surface area contributed by atoms with E-state index in [1.54, 1.807) is 0 Å². The maximum atomic E-state index is 12.2. The van der Waals surface area contributed by atoms with Crippen molar-refractivity contribution in [3.05, 3.63) is 33.8 Å². The lowest BCUT2D eigenvalue weighted by Gasteiger charge is -2.24. The van der Waals surface area contributed by atoms with Crippen LogP contribution in [0.25, 0.3) is 0 Å². The molecule has 1 aromatic carbocycles. The monoisotopic (exact) mass is 353 g/mol. The molecule has 0 aliphatic rings. The van der Waals surface area contributed by atoms with E-state index in [0.29, 0.717) is 10.6 Å². The summed E-state index contributed by atoms with van der Waals surface area (Å²) in [7, 11) is -2.57. The number of methoxy groups -OCH3 is 1. The molecule has 0 spiro atoms. The van der Waals surface area contributed by atoms with Gasteiger partial charge in [0.05, 0.1) is 21.9 Å². The Bertz CT molecular complexity index is 638. The van der Waals surface area contributed by atoms with Crippen molar-refractivity contribution in [1.29, 1.82) is 0 Å². The van der Waals surface area contributed by atoms with Crippen LogP contribution in [0.15, 0.2) is 18.2 Å². The lowest BCUT2D eigenvalue weighted by atomic mass is 10.1. The van der Waals surface area contributed by atoms with E-state index in [4.69, 9.17) is 23.2 Å². The van der Waals surface area contributed by atoms with Crippen LogP contribution in [0.1, 0.15) is 32.4 Å². The number of halogens is 2. The van der Waals surface area contributed by atoms with E-state index >= 15 is 0 Å². The molecule has 0 bridgehead atoms. The first-order valence-electron chi connectivity index (χ1n) is 6.04. The first kappa shape index (κ1) is 18.2. The van der Waals surface area contributed by atoms with Gasteiger partial charge in [0.15, 0.2) is 0 Å². The fraction of sp³-hybridized carbons (Fsp3) is 0.462. The van der Waals surface area contributed by atoms with Gasteiger partial charge in [0.1, 0.15) is 6.04 Å². The van der Waals surface area contributed by atoms with Gasteiger partial charge in [0, 0.05) is 0 Å². The molecule has 1 atom stereocenters. The van der Waals surface area contributed by atoms with Crippen molar-refractivity contribution < 1.29 is 17.9 Å². The van der Waals surface area contributed by atoms with Crippen LogP contribution in [0.3, 0.4) is 0 Å². The van der Waals surface area contributed by atoms with E-state index in [2.05, 4.69) is 9.46 Å². The lowest BCUT2D eigenvalue weighted by molar-refractivity contribution is -0.142. The van der Waals surface area contributed by atoms with Crippen molar-refractivity contribution in [1.82, 2.24) is 4.72 Å². The molecule has 21 heavy (non-hydrogen) atoms. The summed E-state index contributed by atoms with van der Waals surface area (Å²) in [6, 6.07) is 3.24. The van der Waals surface area contributed by atoms with Gasteiger partial charge in [-0.1, -0.05) is 29.3 Å². The van der Waals surface area contributed by atoms with Gasteiger partial charge in [0.2, 0.25) is 10.0 Å². The van der Waals surface area contributed by atoms with E-state index in [0.717, 1.165) is 0 Å². The molecule has 0 heterocycles. The topological polar surface area (TPSA) is 72.5 Å². The second-order valence-corrected chi connectivity index (χ2v) is 8.65. The summed E-state index contributed by atoms with van der Waals surface area (Å²) in [5.41, 5.74) is 0.351. The number of carbonyl (C=O) groups excluding carboxylic acids is 1. The molecule has 1 rings (SSSR count). The highest BCUT2D eigenvalue weighted by Gasteiger charge is 2.35. The number of ether oxygens (including phenoxy) is 1. The Balaban J connectivity index is 3.25. The van der Waals surface area contributed by atoms with E-state index in [1.165, 1.54) is 46.1 Å². The molecule has 0 aromatic heterocycles. The number of nitrogens with one attached hydrogen (secondary N) is 1. The molecule has 0 fully saturated rings. The van der Waals surface area contributed by atoms with Crippen molar-refractivity contribution in [3.8, 4) is 0 Å². The van der Waals surface area contributed by atoms with Gasteiger partial charge in [-0.15, -0.1) is 0 Å². The Hall–Kier alpha value is -0.820. The van der Waals surface area contributed by atoms with Gasteiger partial charge in [-0.3, -0.25) is 0 Å². The number of hydrogen-bond acceptors (Lipinski definition) is 4.